The lowest BCUT2D eigenvalue weighted by Gasteiger charge is -2.18. The third kappa shape index (κ3) is 5.52. The fraction of sp³-hybridized carbons (Fsp3) is 0.143. The summed E-state index contributed by atoms with van der Waals surface area (Å²) in [4.78, 5) is 38.2. The second-order valence-electron chi connectivity index (χ2n) is 6.33. The van der Waals surface area contributed by atoms with Gasteiger partial charge in [-0.2, -0.15) is 0 Å². The number of thioether (sulfide) groups is 1. The Labute approximate surface area is 177 Å². The average Bonchev–Trinajstić information content (AvgIpc) is 2.96. The molecule has 1 heterocycles. The topological polar surface area (TPSA) is 86.7 Å². The molecule has 6 nitrogen and oxygen atoms in total. The zero-order valence-electron chi connectivity index (χ0n) is 15.3. The smallest absolute Gasteiger partial charge is 0.326 e. The van der Waals surface area contributed by atoms with E-state index in [1.54, 1.807) is 30.3 Å². The molecule has 2 amide bonds. The minimum atomic E-state index is -1.14. The Morgan fingerprint density at radius 2 is 1.72 bits per heavy atom. The standard InChI is InChI=1S/C21H18N2O4S2/c24-18(22-16(20(26)27)11-14-7-3-1-4-8-14)13-23-19(25)17(29-21(23)28)12-15-9-5-2-6-10-15/h1-10,12,16H,11,13H2,(H,22,24)(H,26,27)/b17-12+. The molecular formula is C21H18N2O4S2. The lowest BCUT2D eigenvalue weighted by atomic mass is 10.1. The molecular weight excluding hydrogens is 408 g/mol. The molecule has 1 aliphatic rings. The van der Waals surface area contributed by atoms with Crippen LogP contribution in [-0.4, -0.2) is 44.7 Å². The molecule has 0 saturated carbocycles. The van der Waals surface area contributed by atoms with Crippen molar-refractivity contribution < 1.29 is 19.5 Å². The number of benzene rings is 2. The van der Waals surface area contributed by atoms with Gasteiger partial charge in [-0.3, -0.25) is 14.5 Å². The Hall–Kier alpha value is -2.97. The van der Waals surface area contributed by atoms with Crippen molar-refractivity contribution in [2.75, 3.05) is 6.54 Å². The van der Waals surface area contributed by atoms with Crippen LogP contribution in [0.1, 0.15) is 11.1 Å². The molecule has 1 unspecified atom stereocenters. The van der Waals surface area contributed by atoms with Crippen LogP contribution in [0.2, 0.25) is 0 Å². The second kappa shape index (κ2) is 9.49. The van der Waals surface area contributed by atoms with E-state index in [2.05, 4.69) is 5.32 Å². The predicted molar refractivity (Wildman–Crippen MR) is 116 cm³/mol. The summed E-state index contributed by atoms with van der Waals surface area (Å²) in [6, 6.07) is 17.2. The third-order valence-electron chi connectivity index (χ3n) is 4.19. The van der Waals surface area contributed by atoms with Crippen LogP contribution in [-0.2, 0) is 20.8 Å². The Morgan fingerprint density at radius 3 is 2.34 bits per heavy atom. The zero-order valence-corrected chi connectivity index (χ0v) is 16.9. The van der Waals surface area contributed by atoms with Crippen molar-refractivity contribution in [1.82, 2.24) is 10.2 Å². The number of aliphatic carboxylic acids is 1. The number of carboxylic acids is 1. The van der Waals surface area contributed by atoms with Gasteiger partial charge in [-0.25, -0.2) is 4.79 Å². The van der Waals surface area contributed by atoms with E-state index in [0.717, 1.165) is 22.9 Å². The number of rotatable bonds is 7. The van der Waals surface area contributed by atoms with Gasteiger partial charge in [-0.15, -0.1) is 0 Å². The molecule has 29 heavy (non-hydrogen) atoms. The summed E-state index contributed by atoms with van der Waals surface area (Å²) < 4.78 is 0.266. The fourth-order valence-electron chi connectivity index (χ4n) is 2.77. The van der Waals surface area contributed by atoms with Gasteiger partial charge in [-0.05, 0) is 17.2 Å². The van der Waals surface area contributed by atoms with Crippen LogP contribution in [0.4, 0.5) is 0 Å². The summed E-state index contributed by atoms with van der Waals surface area (Å²) in [5.41, 5.74) is 1.64. The largest absolute Gasteiger partial charge is 0.480 e. The molecule has 1 aliphatic heterocycles. The Morgan fingerprint density at radius 1 is 1.10 bits per heavy atom. The summed E-state index contributed by atoms with van der Waals surface area (Å²) in [6.07, 6.45) is 1.86. The molecule has 0 aliphatic carbocycles. The van der Waals surface area contributed by atoms with Crippen molar-refractivity contribution in [3.05, 3.63) is 76.7 Å². The van der Waals surface area contributed by atoms with Crippen LogP contribution >= 0.6 is 24.0 Å². The van der Waals surface area contributed by atoms with Crippen LogP contribution in [0, 0.1) is 0 Å². The molecule has 0 aromatic heterocycles. The molecule has 3 rings (SSSR count). The SMILES string of the molecule is O=C(CN1C(=O)/C(=C\c2ccccc2)SC1=S)NC(Cc1ccccc1)C(=O)O. The fourth-order valence-corrected chi connectivity index (χ4v) is 4.03. The maximum absolute atomic E-state index is 12.6. The van der Waals surface area contributed by atoms with E-state index < -0.39 is 17.9 Å². The van der Waals surface area contributed by atoms with Crippen molar-refractivity contribution in [3.8, 4) is 0 Å². The first kappa shape index (κ1) is 20.8. The number of carbonyl (C=O) groups excluding carboxylic acids is 2. The molecule has 0 spiro atoms. The normalized spacial score (nSPS) is 16.1. The van der Waals surface area contributed by atoms with Gasteiger partial charge in [0.15, 0.2) is 0 Å². The number of hydrogen-bond acceptors (Lipinski definition) is 5. The molecule has 0 radical (unpaired) electrons. The highest BCUT2D eigenvalue weighted by molar-refractivity contribution is 8.26. The number of carboxylic acid groups (broad SMARTS) is 1. The molecule has 1 atom stereocenters. The van der Waals surface area contributed by atoms with E-state index in [9.17, 15) is 19.5 Å². The number of nitrogens with one attached hydrogen (secondary N) is 1. The quantitative estimate of drug-likeness (QED) is 0.523. The van der Waals surface area contributed by atoms with E-state index in [0.29, 0.717) is 4.91 Å². The summed E-state index contributed by atoms with van der Waals surface area (Å²) in [5, 5.41) is 11.9. The highest BCUT2D eigenvalue weighted by atomic mass is 32.2. The molecule has 148 valence electrons. The highest BCUT2D eigenvalue weighted by Gasteiger charge is 2.34. The number of amides is 2. The monoisotopic (exact) mass is 426 g/mol. The van der Waals surface area contributed by atoms with Crippen LogP contribution in [0.5, 0.6) is 0 Å². The van der Waals surface area contributed by atoms with Gasteiger partial charge < -0.3 is 10.4 Å². The van der Waals surface area contributed by atoms with E-state index >= 15 is 0 Å². The van der Waals surface area contributed by atoms with Crippen molar-refractivity contribution in [2.45, 2.75) is 12.5 Å². The maximum Gasteiger partial charge on any atom is 0.326 e. The second-order valence-corrected chi connectivity index (χ2v) is 8.00. The van der Waals surface area contributed by atoms with Gasteiger partial charge in [0.25, 0.3) is 5.91 Å². The summed E-state index contributed by atoms with van der Waals surface area (Å²) in [5.74, 6) is -2.09. The highest BCUT2D eigenvalue weighted by Crippen LogP contribution is 2.32. The van der Waals surface area contributed by atoms with Crippen molar-refractivity contribution in [2.24, 2.45) is 0 Å². The first-order chi connectivity index (χ1) is 13.9. The molecule has 0 bridgehead atoms. The van der Waals surface area contributed by atoms with Crippen molar-refractivity contribution in [3.63, 3.8) is 0 Å². The lowest BCUT2D eigenvalue weighted by Crippen LogP contribution is -2.47. The average molecular weight is 427 g/mol. The van der Waals surface area contributed by atoms with Crippen LogP contribution in [0.3, 0.4) is 0 Å². The summed E-state index contributed by atoms with van der Waals surface area (Å²) in [7, 11) is 0. The van der Waals surface area contributed by atoms with Gasteiger partial charge in [0, 0.05) is 6.42 Å². The Kier molecular flexibility index (Phi) is 6.79. The maximum atomic E-state index is 12.6. The van der Waals surface area contributed by atoms with Crippen LogP contribution in [0.15, 0.2) is 65.6 Å². The molecule has 1 fully saturated rings. The predicted octanol–water partition coefficient (Wildman–Crippen LogP) is 2.70. The molecule has 2 N–H and O–H groups in total. The Balaban J connectivity index is 1.64. The number of nitrogens with zero attached hydrogens (tertiary/aromatic N) is 1. The zero-order chi connectivity index (χ0) is 20.8. The minimum Gasteiger partial charge on any atom is -0.480 e. The van der Waals surface area contributed by atoms with Crippen molar-refractivity contribution >= 4 is 52.2 Å². The molecule has 2 aromatic carbocycles. The van der Waals surface area contributed by atoms with E-state index in [-0.39, 0.29) is 23.2 Å². The number of hydrogen-bond donors (Lipinski definition) is 2. The first-order valence-corrected chi connectivity index (χ1v) is 10.0. The summed E-state index contributed by atoms with van der Waals surface area (Å²) >= 11 is 6.35. The van der Waals surface area contributed by atoms with Gasteiger partial charge in [0.1, 0.15) is 16.9 Å². The minimum absolute atomic E-state index is 0.147. The van der Waals surface area contributed by atoms with Gasteiger partial charge in [0.05, 0.1) is 4.91 Å². The van der Waals surface area contributed by atoms with Gasteiger partial charge >= 0.3 is 5.97 Å². The van der Waals surface area contributed by atoms with E-state index in [4.69, 9.17) is 12.2 Å². The summed E-state index contributed by atoms with van der Waals surface area (Å²) in [6.45, 7) is -0.324. The molecule has 2 aromatic rings. The van der Waals surface area contributed by atoms with Crippen molar-refractivity contribution in [1.29, 1.82) is 0 Å². The third-order valence-corrected chi connectivity index (χ3v) is 5.57. The van der Waals surface area contributed by atoms with Crippen LogP contribution in [0.25, 0.3) is 6.08 Å². The number of thiocarbonyl (C=S) groups is 1. The van der Waals surface area contributed by atoms with Crippen LogP contribution < -0.4 is 5.32 Å². The van der Waals surface area contributed by atoms with E-state index in [1.165, 1.54) is 4.90 Å². The van der Waals surface area contributed by atoms with E-state index in [1.807, 2.05) is 36.4 Å². The molecule has 1 saturated heterocycles. The van der Waals surface area contributed by atoms with Gasteiger partial charge in [-0.1, -0.05) is 84.6 Å². The Bertz CT molecular complexity index is 961. The molecule has 8 heteroatoms. The first-order valence-electron chi connectivity index (χ1n) is 8.80. The lowest BCUT2D eigenvalue weighted by molar-refractivity contribution is -0.142. The van der Waals surface area contributed by atoms with Gasteiger partial charge in [0.2, 0.25) is 5.91 Å². The number of carbonyl (C=O) groups is 3.